The monoisotopic (exact) mass is 229 g/mol. The molecule has 1 aromatic heterocycles. The molecule has 4 heteroatoms. The van der Waals surface area contributed by atoms with Crippen LogP contribution in [0.4, 0.5) is 0 Å². The van der Waals surface area contributed by atoms with Gasteiger partial charge in [-0.2, -0.15) is 0 Å². The highest BCUT2D eigenvalue weighted by molar-refractivity contribution is 9.10. The number of nitrogens with one attached hydrogen (secondary N) is 1. The zero-order valence-corrected chi connectivity index (χ0v) is 8.09. The zero-order valence-electron chi connectivity index (χ0n) is 6.50. The van der Waals surface area contributed by atoms with E-state index >= 15 is 0 Å². The summed E-state index contributed by atoms with van der Waals surface area (Å²) < 4.78 is 5.38. The first-order chi connectivity index (χ1) is 5.72. The fourth-order valence-electron chi connectivity index (χ4n) is 0.706. The number of hydrogen-bond donors (Lipinski definition) is 1. The second-order valence-corrected chi connectivity index (χ2v) is 3.05. The van der Waals surface area contributed by atoms with Crippen molar-refractivity contribution in [2.75, 3.05) is 7.11 Å². The van der Waals surface area contributed by atoms with Crippen molar-refractivity contribution in [1.29, 1.82) is 0 Å². The number of methoxy groups -OCH3 is 1. The first-order valence-electron chi connectivity index (χ1n) is 3.32. The Hall–Kier alpha value is -1.03. The third kappa shape index (κ3) is 2.54. The van der Waals surface area contributed by atoms with E-state index in [0.29, 0.717) is 0 Å². The molecule has 0 aromatic carbocycles. The van der Waals surface area contributed by atoms with Gasteiger partial charge in [-0.25, -0.2) is 4.79 Å². The van der Waals surface area contributed by atoms with Crippen LogP contribution in [0.1, 0.15) is 5.69 Å². The van der Waals surface area contributed by atoms with Crippen LogP contribution in [0.25, 0.3) is 6.08 Å². The van der Waals surface area contributed by atoms with Gasteiger partial charge in [0.15, 0.2) is 0 Å². The number of ether oxygens (including phenoxy) is 1. The van der Waals surface area contributed by atoms with Crippen LogP contribution in [0, 0.1) is 0 Å². The Morgan fingerprint density at radius 3 is 3.00 bits per heavy atom. The quantitative estimate of drug-likeness (QED) is 0.623. The minimum Gasteiger partial charge on any atom is -0.466 e. The standard InChI is InChI=1S/C8H8BrNO2/c1-12-8(11)3-2-7-4-6(9)5-10-7/h2-5,10H,1H3. The zero-order chi connectivity index (χ0) is 8.97. The van der Waals surface area contributed by atoms with Crippen LogP contribution in [0.3, 0.4) is 0 Å². The molecule has 3 nitrogen and oxygen atoms in total. The van der Waals surface area contributed by atoms with Crippen molar-refractivity contribution in [1.82, 2.24) is 4.98 Å². The van der Waals surface area contributed by atoms with Crippen LogP contribution < -0.4 is 0 Å². The molecule has 1 aromatic rings. The van der Waals surface area contributed by atoms with Crippen molar-refractivity contribution in [2.24, 2.45) is 0 Å². The van der Waals surface area contributed by atoms with Crippen molar-refractivity contribution >= 4 is 28.0 Å². The minimum atomic E-state index is -0.360. The second kappa shape index (κ2) is 4.11. The van der Waals surface area contributed by atoms with Gasteiger partial charge in [0.25, 0.3) is 0 Å². The Bertz CT molecular complexity index is 304. The molecule has 0 radical (unpaired) electrons. The number of H-pyrrole nitrogens is 1. The normalized spacial score (nSPS) is 10.5. The molecule has 64 valence electrons. The smallest absolute Gasteiger partial charge is 0.330 e. The first kappa shape index (κ1) is 9.06. The largest absolute Gasteiger partial charge is 0.466 e. The molecule has 0 aliphatic heterocycles. The lowest BCUT2D eigenvalue weighted by molar-refractivity contribution is -0.134. The third-order valence-corrected chi connectivity index (χ3v) is 1.73. The molecule has 0 atom stereocenters. The van der Waals surface area contributed by atoms with Gasteiger partial charge in [0.05, 0.1) is 7.11 Å². The van der Waals surface area contributed by atoms with Crippen LogP contribution in [-0.4, -0.2) is 18.1 Å². The number of carbonyl (C=O) groups is 1. The van der Waals surface area contributed by atoms with Gasteiger partial charge in [-0.05, 0) is 28.1 Å². The van der Waals surface area contributed by atoms with E-state index in [1.54, 1.807) is 12.3 Å². The Kier molecular flexibility index (Phi) is 3.10. The molecule has 0 saturated carbocycles. The first-order valence-corrected chi connectivity index (χ1v) is 4.11. The molecule has 1 rings (SSSR count). The van der Waals surface area contributed by atoms with Gasteiger partial charge in [0, 0.05) is 22.4 Å². The molecule has 1 N–H and O–H groups in total. The fourth-order valence-corrected chi connectivity index (χ4v) is 1.07. The van der Waals surface area contributed by atoms with E-state index in [-0.39, 0.29) is 5.97 Å². The maximum absolute atomic E-state index is 10.7. The highest BCUT2D eigenvalue weighted by Crippen LogP contribution is 2.11. The Balaban J connectivity index is 2.63. The summed E-state index contributed by atoms with van der Waals surface area (Å²) in [4.78, 5) is 13.6. The van der Waals surface area contributed by atoms with Gasteiger partial charge in [-0.15, -0.1) is 0 Å². The summed E-state index contributed by atoms with van der Waals surface area (Å²) in [5.41, 5.74) is 0.854. The number of aromatic amines is 1. The topological polar surface area (TPSA) is 42.1 Å². The average molecular weight is 230 g/mol. The predicted molar refractivity (Wildman–Crippen MR) is 49.5 cm³/mol. The molecule has 0 saturated heterocycles. The Labute approximate surface area is 78.6 Å². The van der Waals surface area contributed by atoms with Crippen molar-refractivity contribution < 1.29 is 9.53 Å². The highest BCUT2D eigenvalue weighted by Gasteiger charge is 1.93. The van der Waals surface area contributed by atoms with Crippen LogP contribution in [0.2, 0.25) is 0 Å². The lowest BCUT2D eigenvalue weighted by atomic mass is 10.4. The van der Waals surface area contributed by atoms with Gasteiger partial charge in [0.2, 0.25) is 0 Å². The molecule has 0 aliphatic rings. The molecule has 0 aliphatic carbocycles. The van der Waals surface area contributed by atoms with Crippen molar-refractivity contribution in [2.45, 2.75) is 0 Å². The van der Waals surface area contributed by atoms with Crippen molar-refractivity contribution in [3.8, 4) is 0 Å². The van der Waals surface area contributed by atoms with Crippen LogP contribution in [0.5, 0.6) is 0 Å². The van der Waals surface area contributed by atoms with Crippen LogP contribution in [0.15, 0.2) is 22.8 Å². The summed E-state index contributed by atoms with van der Waals surface area (Å²) in [7, 11) is 1.34. The van der Waals surface area contributed by atoms with Gasteiger partial charge < -0.3 is 9.72 Å². The number of carbonyl (C=O) groups excluding carboxylic acids is 1. The maximum Gasteiger partial charge on any atom is 0.330 e. The summed E-state index contributed by atoms with van der Waals surface area (Å²) in [5.74, 6) is -0.360. The van der Waals surface area contributed by atoms with E-state index in [2.05, 4.69) is 25.7 Å². The van der Waals surface area contributed by atoms with E-state index in [0.717, 1.165) is 10.2 Å². The lowest BCUT2D eigenvalue weighted by Crippen LogP contribution is -1.93. The third-order valence-electron chi connectivity index (χ3n) is 1.27. The number of hydrogen-bond acceptors (Lipinski definition) is 2. The van der Waals surface area contributed by atoms with E-state index in [1.807, 2.05) is 6.07 Å². The van der Waals surface area contributed by atoms with Crippen LogP contribution in [-0.2, 0) is 9.53 Å². The van der Waals surface area contributed by atoms with E-state index < -0.39 is 0 Å². The molecule has 0 unspecified atom stereocenters. The molecule has 0 spiro atoms. The summed E-state index contributed by atoms with van der Waals surface area (Å²) >= 11 is 3.27. The maximum atomic E-state index is 10.7. The number of rotatable bonds is 2. The van der Waals surface area contributed by atoms with E-state index in [4.69, 9.17) is 0 Å². The molecule has 12 heavy (non-hydrogen) atoms. The fraction of sp³-hybridized carbons (Fsp3) is 0.125. The summed E-state index contributed by atoms with van der Waals surface area (Å²) in [6, 6.07) is 1.86. The second-order valence-electron chi connectivity index (χ2n) is 2.13. The van der Waals surface area contributed by atoms with Gasteiger partial charge in [-0.3, -0.25) is 0 Å². The SMILES string of the molecule is COC(=O)C=Cc1cc(Br)c[nH]1. The molecule has 0 fully saturated rings. The lowest BCUT2D eigenvalue weighted by Gasteiger charge is -1.87. The van der Waals surface area contributed by atoms with Crippen molar-refractivity contribution in [3.05, 3.63) is 28.5 Å². The number of esters is 1. The predicted octanol–water partition coefficient (Wildman–Crippen LogP) is 1.96. The van der Waals surface area contributed by atoms with Gasteiger partial charge >= 0.3 is 5.97 Å². The van der Waals surface area contributed by atoms with Crippen LogP contribution >= 0.6 is 15.9 Å². The molecule has 0 amide bonds. The molecule has 0 bridgehead atoms. The molecule has 1 heterocycles. The van der Waals surface area contributed by atoms with Crippen molar-refractivity contribution in [3.63, 3.8) is 0 Å². The average Bonchev–Trinajstić information content (AvgIpc) is 2.47. The minimum absolute atomic E-state index is 0.360. The van der Waals surface area contributed by atoms with Gasteiger partial charge in [-0.1, -0.05) is 0 Å². The van der Waals surface area contributed by atoms with E-state index in [1.165, 1.54) is 13.2 Å². The summed E-state index contributed by atoms with van der Waals surface area (Å²) in [5, 5.41) is 0. The molecular formula is C8H8BrNO2. The highest BCUT2D eigenvalue weighted by atomic mass is 79.9. The van der Waals surface area contributed by atoms with Gasteiger partial charge in [0.1, 0.15) is 0 Å². The summed E-state index contributed by atoms with van der Waals surface area (Å²) in [6.45, 7) is 0. The Morgan fingerprint density at radius 1 is 1.75 bits per heavy atom. The number of aromatic nitrogens is 1. The number of halogens is 1. The molecular weight excluding hydrogens is 222 g/mol. The summed E-state index contributed by atoms with van der Waals surface area (Å²) in [6.07, 6.45) is 4.80. The Morgan fingerprint density at radius 2 is 2.50 bits per heavy atom. The van der Waals surface area contributed by atoms with E-state index in [9.17, 15) is 4.79 Å².